The molecule has 2 aromatic rings. The maximum Gasteiger partial charge on any atom is 0.511 e. The van der Waals surface area contributed by atoms with Crippen LogP contribution in [0.1, 0.15) is 37.8 Å². The highest BCUT2D eigenvalue weighted by Gasteiger charge is 2.11. The highest BCUT2D eigenvalue weighted by Crippen LogP contribution is 2.32. The molecule has 3 heteroatoms. The molecule has 2 aromatic carbocycles. The van der Waals surface area contributed by atoms with Crippen molar-refractivity contribution in [2.24, 2.45) is 0 Å². The average molecular weight is 298 g/mol. The van der Waals surface area contributed by atoms with Crippen LogP contribution in [0.2, 0.25) is 0 Å². The zero-order chi connectivity index (χ0) is 15.9. The Morgan fingerprint density at radius 3 is 2.32 bits per heavy atom. The molecule has 2 rings (SSSR count). The Kier molecular flexibility index (Phi) is 5.59. The largest absolute Gasteiger partial charge is 0.511 e. The molecule has 0 amide bonds. The molecule has 0 atom stereocenters. The summed E-state index contributed by atoms with van der Waals surface area (Å²) < 4.78 is 4.91. The van der Waals surface area contributed by atoms with E-state index in [0.717, 1.165) is 29.5 Å². The molecule has 0 heterocycles. The molecule has 0 saturated heterocycles. The fourth-order valence-corrected chi connectivity index (χ4v) is 2.44. The van der Waals surface area contributed by atoms with Gasteiger partial charge in [0.2, 0.25) is 0 Å². The fraction of sp³-hybridized carbons (Fsp3) is 0.316. The number of rotatable bonds is 6. The van der Waals surface area contributed by atoms with E-state index >= 15 is 0 Å². The maximum absolute atomic E-state index is 10.9. The van der Waals surface area contributed by atoms with Crippen LogP contribution in [-0.4, -0.2) is 11.3 Å². The minimum Gasteiger partial charge on any atom is -0.449 e. The van der Waals surface area contributed by atoms with E-state index in [1.807, 2.05) is 24.3 Å². The van der Waals surface area contributed by atoms with Gasteiger partial charge in [-0.05, 0) is 48.1 Å². The van der Waals surface area contributed by atoms with Crippen LogP contribution in [0.4, 0.5) is 4.79 Å². The van der Waals surface area contributed by atoms with Gasteiger partial charge in [-0.25, -0.2) is 4.79 Å². The summed E-state index contributed by atoms with van der Waals surface area (Å²) in [5, 5.41) is 8.88. The molecule has 0 radical (unpaired) electrons. The molecule has 1 N–H and O–H groups in total. The van der Waals surface area contributed by atoms with Crippen molar-refractivity contribution in [3.05, 3.63) is 53.6 Å². The molecular formula is C19H22O3. The van der Waals surface area contributed by atoms with Crippen LogP contribution < -0.4 is 4.74 Å². The third-order valence-electron chi connectivity index (χ3n) is 3.73. The van der Waals surface area contributed by atoms with Gasteiger partial charge in [0.05, 0.1) is 0 Å². The Morgan fingerprint density at radius 2 is 1.73 bits per heavy atom. The van der Waals surface area contributed by atoms with Crippen molar-refractivity contribution < 1.29 is 14.6 Å². The van der Waals surface area contributed by atoms with E-state index in [2.05, 4.69) is 26.0 Å². The second-order valence-corrected chi connectivity index (χ2v) is 5.35. The first-order valence-electron chi connectivity index (χ1n) is 7.77. The number of hydrogen-bond acceptors (Lipinski definition) is 2. The summed E-state index contributed by atoms with van der Waals surface area (Å²) in [5.41, 5.74) is 4.26. The number of hydrogen-bond donors (Lipinski definition) is 1. The summed E-state index contributed by atoms with van der Waals surface area (Å²) in [5.74, 6) is 0.381. The van der Waals surface area contributed by atoms with E-state index < -0.39 is 6.16 Å². The highest BCUT2D eigenvalue weighted by atomic mass is 16.7. The van der Waals surface area contributed by atoms with Gasteiger partial charge in [-0.15, -0.1) is 0 Å². The molecule has 0 aliphatic rings. The smallest absolute Gasteiger partial charge is 0.449 e. The molecule has 0 bridgehead atoms. The maximum atomic E-state index is 10.9. The van der Waals surface area contributed by atoms with Gasteiger partial charge < -0.3 is 9.84 Å². The molecule has 0 unspecified atom stereocenters. The molecule has 0 aliphatic heterocycles. The van der Waals surface area contributed by atoms with E-state index in [9.17, 15) is 4.79 Å². The number of aryl methyl sites for hydroxylation is 2. The minimum atomic E-state index is -1.29. The lowest BCUT2D eigenvalue weighted by Gasteiger charge is -2.11. The average Bonchev–Trinajstić information content (AvgIpc) is 2.53. The Labute approximate surface area is 131 Å². The molecule has 0 spiro atoms. The minimum absolute atomic E-state index is 0.381. The third-order valence-corrected chi connectivity index (χ3v) is 3.73. The quantitative estimate of drug-likeness (QED) is 0.580. The Hall–Kier alpha value is -2.29. The second kappa shape index (κ2) is 7.64. The number of benzene rings is 2. The van der Waals surface area contributed by atoms with Gasteiger partial charge in [0.25, 0.3) is 0 Å². The zero-order valence-electron chi connectivity index (χ0n) is 13.1. The summed E-state index contributed by atoms with van der Waals surface area (Å²) in [6.45, 7) is 4.25. The van der Waals surface area contributed by atoms with Crippen LogP contribution in [0.25, 0.3) is 11.1 Å². The molecule has 0 aliphatic carbocycles. The monoisotopic (exact) mass is 298 g/mol. The predicted octanol–water partition coefficient (Wildman–Crippen LogP) is 5.32. The van der Waals surface area contributed by atoms with Crippen molar-refractivity contribution in [1.29, 1.82) is 0 Å². The van der Waals surface area contributed by atoms with Gasteiger partial charge in [-0.3, -0.25) is 0 Å². The summed E-state index contributed by atoms with van der Waals surface area (Å²) in [6, 6.07) is 13.9. The van der Waals surface area contributed by atoms with Crippen LogP contribution >= 0.6 is 0 Å². The second-order valence-electron chi connectivity index (χ2n) is 5.35. The number of unbranched alkanes of at least 4 members (excludes halogenated alkanes) is 1. The first kappa shape index (κ1) is 16.1. The van der Waals surface area contributed by atoms with Crippen molar-refractivity contribution >= 4 is 6.16 Å². The van der Waals surface area contributed by atoms with Gasteiger partial charge in [-0.1, -0.05) is 50.6 Å². The van der Waals surface area contributed by atoms with Crippen LogP contribution in [0.3, 0.4) is 0 Å². The molecule has 3 nitrogen and oxygen atoms in total. The molecule has 0 saturated carbocycles. The lowest BCUT2D eigenvalue weighted by Crippen LogP contribution is -2.04. The Bertz CT molecular complexity index is 630. The molecule has 22 heavy (non-hydrogen) atoms. The molecule has 0 aromatic heterocycles. The van der Waals surface area contributed by atoms with E-state index in [1.54, 1.807) is 6.07 Å². The topological polar surface area (TPSA) is 46.5 Å². The van der Waals surface area contributed by atoms with Gasteiger partial charge in [0.15, 0.2) is 0 Å². The van der Waals surface area contributed by atoms with E-state index in [-0.39, 0.29) is 0 Å². The first-order chi connectivity index (χ1) is 10.6. The normalized spacial score (nSPS) is 10.5. The number of carbonyl (C=O) groups is 1. The Balaban J connectivity index is 2.34. The number of carboxylic acid groups (broad SMARTS) is 1. The van der Waals surface area contributed by atoms with E-state index in [1.165, 1.54) is 18.4 Å². The third kappa shape index (κ3) is 4.10. The number of ether oxygens (including phenoxy) is 1. The van der Waals surface area contributed by atoms with Crippen molar-refractivity contribution in [3.8, 4) is 16.9 Å². The SMILES string of the molecule is CCCCc1ccc(-c2cc(CC)ccc2OC(=O)O)cc1. The zero-order valence-corrected chi connectivity index (χ0v) is 13.1. The lowest BCUT2D eigenvalue weighted by molar-refractivity contribution is 0.144. The summed E-state index contributed by atoms with van der Waals surface area (Å²) >= 11 is 0. The predicted molar refractivity (Wildman–Crippen MR) is 88.5 cm³/mol. The van der Waals surface area contributed by atoms with Gasteiger partial charge in [0, 0.05) is 5.56 Å². The van der Waals surface area contributed by atoms with Crippen molar-refractivity contribution in [1.82, 2.24) is 0 Å². The van der Waals surface area contributed by atoms with Gasteiger partial charge >= 0.3 is 6.16 Å². The molecule has 116 valence electrons. The van der Waals surface area contributed by atoms with Gasteiger partial charge in [0.1, 0.15) is 5.75 Å². The van der Waals surface area contributed by atoms with Gasteiger partial charge in [-0.2, -0.15) is 0 Å². The fourth-order valence-electron chi connectivity index (χ4n) is 2.44. The summed E-state index contributed by atoms with van der Waals surface area (Å²) in [6.07, 6.45) is 3.04. The standard InChI is InChI=1S/C19H22O3/c1-3-5-6-15-7-10-16(11-8-15)17-13-14(4-2)9-12-18(17)22-19(20)21/h7-13H,3-6H2,1-2H3,(H,20,21). The van der Waals surface area contributed by atoms with Crippen LogP contribution in [0.5, 0.6) is 5.75 Å². The lowest BCUT2D eigenvalue weighted by atomic mass is 9.98. The van der Waals surface area contributed by atoms with Crippen LogP contribution in [0.15, 0.2) is 42.5 Å². The molecule has 0 fully saturated rings. The Morgan fingerprint density at radius 1 is 1.05 bits per heavy atom. The van der Waals surface area contributed by atoms with Crippen molar-refractivity contribution in [2.75, 3.05) is 0 Å². The van der Waals surface area contributed by atoms with E-state index in [0.29, 0.717) is 5.75 Å². The first-order valence-corrected chi connectivity index (χ1v) is 7.77. The van der Waals surface area contributed by atoms with Crippen molar-refractivity contribution in [3.63, 3.8) is 0 Å². The van der Waals surface area contributed by atoms with Crippen LogP contribution in [0, 0.1) is 0 Å². The van der Waals surface area contributed by atoms with Crippen LogP contribution in [-0.2, 0) is 12.8 Å². The summed E-state index contributed by atoms with van der Waals surface area (Å²) in [7, 11) is 0. The van der Waals surface area contributed by atoms with E-state index in [4.69, 9.17) is 9.84 Å². The summed E-state index contributed by atoms with van der Waals surface area (Å²) in [4.78, 5) is 10.9. The van der Waals surface area contributed by atoms with Crippen molar-refractivity contribution in [2.45, 2.75) is 39.5 Å². The molecular weight excluding hydrogens is 276 g/mol. The highest BCUT2D eigenvalue weighted by molar-refractivity contribution is 5.75.